The lowest BCUT2D eigenvalue weighted by Gasteiger charge is -2.54. The highest BCUT2D eigenvalue weighted by atomic mass is 15.4. The maximum Gasteiger partial charge on any atom is 0.225 e. The summed E-state index contributed by atoms with van der Waals surface area (Å²) in [6, 6.07) is 1.01. The molecule has 0 amide bonds. The number of piperazine rings is 1. The molecule has 0 bridgehead atoms. The van der Waals surface area contributed by atoms with E-state index < -0.39 is 0 Å². The maximum absolute atomic E-state index is 4.85. The van der Waals surface area contributed by atoms with Crippen molar-refractivity contribution in [2.24, 2.45) is 11.3 Å². The quantitative estimate of drug-likeness (QED) is 0.663. The van der Waals surface area contributed by atoms with E-state index >= 15 is 0 Å². The second kappa shape index (κ2) is 9.72. The number of likely N-dealkylation sites (tertiary alicyclic amines) is 2. The van der Waals surface area contributed by atoms with Gasteiger partial charge in [0.25, 0.3) is 0 Å². The van der Waals surface area contributed by atoms with Gasteiger partial charge in [-0.2, -0.15) is 0 Å². The van der Waals surface area contributed by atoms with Crippen LogP contribution in [0.1, 0.15) is 58.9 Å². The maximum atomic E-state index is 4.85. The number of anilines is 1. The Morgan fingerprint density at radius 2 is 1.55 bits per heavy atom. The zero-order valence-electron chi connectivity index (χ0n) is 20.6. The molecule has 3 aliphatic rings. The fourth-order valence-electron chi connectivity index (χ4n) is 6.12. The van der Waals surface area contributed by atoms with E-state index in [1.165, 1.54) is 51.1 Å². The monoisotopic (exact) mass is 428 g/mol. The summed E-state index contributed by atoms with van der Waals surface area (Å²) in [4.78, 5) is 19.9. The van der Waals surface area contributed by atoms with Crippen molar-refractivity contribution in [2.45, 2.75) is 72.0 Å². The highest BCUT2D eigenvalue weighted by molar-refractivity contribution is 5.35. The van der Waals surface area contributed by atoms with Gasteiger partial charge in [-0.1, -0.05) is 27.7 Å². The van der Waals surface area contributed by atoms with Crippen molar-refractivity contribution < 1.29 is 0 Å². The number of nitrogens with zero attached hydrogens (tertiary/aromatic N) is 6. The van der Waals surface area contributed by atoms with Crippen LogP contribution in [0.5, 0.6) is 0 Å². The molecule has 6 heteroatoms. The van der Waals surface area contributed by atoms with E-state index in [9.17, 15) is 0 Å². The number of aromatic nitrogens is 2. The number of rotatable bonds is 7. The summed E-state index contributed by atoms with van der Waals surface area (Å²) in [7, 11) is 2.24. The summed E-state index contributed by atoms with van der Waals surface area (Å²) < 4.78 is 0. The largest absolute Gasteiger partial charge is 0.332 e. The van der Waals surface area contributed by atoms with Crippen molar-refractivity contribution >= 4 is 5.95 Å². The molecule has 3 fully saturated rings. The third-order valence-electron chi connectivity index (χ3n) is 7.76. The standard InChI is InChI=1S/C25H44N6/c1-6-22-16-28(5)17-23(7-2)31(22)24-26-12-21(13-27-24)15-29-10-8-25(9-11-29)18-30(19-25)14-20(3)4/h12-13,20,22-23H,6-11,14-19H2,1-5H3. The van der Waals surface area contributed by atoms with Crippen LogP contribution in [0.4, 0.5) is 5.95 Å². The van der Waals surface area contributed by atoms with Crippen molar-refractivity contribution in [3.63, 3.8) is 0 Å². The topological polar surface area (TPSA) is 38.7 Å². The average molecular weight is 429 g/mol. The molecule has 1 spiro atoms. The van der Waals surface area contributed by atoms with Gasteiger partial charge in [0, 0.05) is 69.3 Å². The molecule has 0 aliphatic carbocycles. The molecule has 0 N–H and O–H groups in total. The molecule has 0 radical (unpaired) electrons. The summed E-state index contributed by atoms with van der Waals surface area (Å²) in [6.45, 7) is 18.7. The van der Waals surface area contributed by atoms with E-state index in [-0.39, 0.29) is 0 Å². The zero-order chi connectivity index (χ0) is 22.0. The summed E-state index contributed by atoms with van der Waals surface area (Å²) in [5.41, 5.74) is 1.86. The highest BCUT2D eigenvalue weighted by Crippen LogP contribution is 2.40. The number of likely N-dealkylation sites (N-methyl/N-ethyl adjacent to an activating group) is 1. The molecule has 3 saturated heterocycles. The first-order valence-corrected chi connectivity index (χ1v) is 12.6. The third-order valence-corrected chi connectivity index (χ3v) is 7.76. The Labute approximate surface area is 190 Å². The summed E-state index contributed by atoms with van der Waals surface area (Å²) >= 11 is 0. The Bertz CT molecular complexity index is 674. The van der Waals surface area contributed by atoms with Gasteiger partial charge in [-0.15, -0.1) is 0 Å². The van der Waals surface area contributed by atoms with Gasteiger partial charge in [-0.25, -0.2) is 9.97 Å². The first kappa shape index (κ1) is 22.9. The van der Waals surface area contributed by atoms with Gasteiger partial charge < -0.3 is 14.7 Å². The second-order valence-electron chi connectivity index (χ2n) is 11.0. The predicted octanol–water partition coefficient (Wildman–Crippen LogP) is 3.34. The molecule has 31 heavy (non-hydrogen) atoms. The Morgan fingerprint density at radius 3 is 2.06 bits per heavy atom. The SMILES string of the molecule is CCC1CN(C)CC(CC)N1c1ncc(CN2CCC3(CC2)CN(CC(C)C)C3)cn1. The van der Waals surface area contributed by atoms with Crippen LogP contribution in [0.15, 0.2) is 12.4 Å². The Morgan fingerprint density at radius 1 is 0.968 bits per heavy atom. The van der Waals surface area contributed by atoms with Crippen LogP contribution in [-0.4, -0.2) is 89.6 Å². The van der Waals surface area contributed by atoms with Crippen LogP contribution in [0.2, 0.25) is 0 Å². The third kappa shape index (κ3) is 5.23. The van der Waals surface area contributed by atoms with Crippen molar-refractivity contribution in [2.75, 3.05) is 57.8 Å². The van der Waals surface area contributed by atoms with Crippen LogP contribution in [0.3, 0.4) is 0 Å². The molecule has 0 aromatic carbocycles. The Kier molecular flexibility index (Phi) is 7.19. The van der Waals surface area contributed by atoms with E-state index in [1.54, 1.807) is 0 Å². The van der Waals surface area contributed by atoms with E-state index in [4.69, 9.17) is 9.97 Å². The molecule has 1 aromatic heterocycles. The molecule has 2 atom stereocenters. The van der Waals surface area contributed by atoms with Gasteiger partial charge in [0.15, 0.2) is 0 Å². The molecule has 0 saturated carbocycles. The molecule has 4 rings (SSSR count). The molecule has 174 valence electrons. The first-order chi connectivity index (χ1) is 14.9. The minimum absolute atomic E-state index is 0.505. The molecule has 4 heterocycles. The van der Waals surface area contributed by atoms with Crippen LogP contribution in [-0.2, 0) is 6.54 Å². The van der Waals surface area contributed by atoms with Crippen molar-refractivity contribution in [3.05, 3.63) is 18.0 Å². The normalized spacial score (nSPS) is 27.7. The molecular formula is C25H44N6. The van der Waals surface area contributed by atoms with Crippen LogP contribution >= 0.6 is 0 Å². The van der Waals surface area contributed by atoms with Crippen LogP contribution in [0.25, 0.3) is 0 Å². The highest BCUT2D eigenvalue weighted by Gasteiger charge is 2.44. The van der Waals surface area contributed by atoms with Crippen LogP contribution in [0, 0.1) is 11.3 Å². The van der Waals surface area contributed by atoms with Crippen molar-refractivity contribution in [1.82, 2.24) is 24.7 Å². The number of hydrogen-bond acceptors (Lipinski definition) is 6. The Hall–Kier alpha value is -1.24. The molecule has 1 aromatic rings. The number of piperidine rings is 1. The lowest BCUT2D eigenvalue weighted by atomic mass is 9.71. The van der Waals surface area contributed by atoms with E-state index in [0.717, 1.165) is 44.3 Å². The molecule has 2 unspecified atom stereocenters. The average Bonchev–Trinajstić information content (AvgIpc) is 2.73. The summed E-state index contributed by atoms with van der Waals surface area (Å²) in [5, 5.41) is 0. The van der Waals surface area contributed by atoms with Gasteiger partial charge in [-0.3, -0.25) is 4.90 Å². The van der Waals surface area contributed by atoms with Crippen LogP contribution < -0.4 is 4.90 Å². The van der Waals surface area contributed by atoms with E-state index in [1.807, 2.05) is 0 Å². The molecular weight excluding hydrogens is 384 g/mol. The predicted molar refractivity (Wildman–Crippen MR) is 128 cm³/mol. The second-order valence-corrected chi connectivity index (χ2v) is 11.0. The van der Waals surface area contributed by atoms with Crippen molar-refractivity contribution in [3.8, 4) is 0 Å². The lowest BCUT2D eigenvalue weighted by molar-refractivity contribution is -0.0525. The van der Waals surface area contributed by atoms with Gasteiger partial charge in [-0.05, 0) is 57.2 Å². The van der Waals surface area contributed by atoms with Gasteiger partial charge in [0.1, 0.15) is 0 Å². The zero-order valence-corrected chi connectivity index (χ0v) is 20.6. The summed E-state index contributed by atoms with van der Waals surface area (Å²) in [5.74, 6) is 1.71. The minimum atomic E-state index is 0.505. The van der Waals surface area contributed by atoms with Crippen molar-refractivity contribution in [1.29, 1.82) is 0 Å². The molecule has 6 nitrogen and oxygen atoms in total. The first-order valence-electron chi connectivity index (χ1n) is 12.6. The van der Waals surface area contributed by atoms with Gasteiger partial charge in [0.2, 0.25) is 5.95 Å². The smallest absolute Gasteiger partial charge is 0.225 e. The van der Waals surface area contributed by atoms with Gasteiger partial charge >= 0.3 is 0 Å². The summed E-state index contributed by atoms with van der Waals surface area (Å²) in [6.07, 6.45) is 9.12. The lowest BCUT2D eigenvalue weighted by Crippen LogP contribution is -2.60. The van der Waals surface area contributed by atoms with E-state index in [2.05, 4.69) is 66.7 Å². The van der Waals surface area contributed by atoms with E-state index in [0.29, 0.717) is 17.5 Å². The fraction of sp³-hybridized carbons (Fsp3) is 0.840. The minimum Gasteiger partial charge on any atom is -0.332 e. The fourth-order valence-corrected chi connectivity index (χ4v) is 6.12. The Balaban J connectivity index is 1.30. The number of hydrogen-bond donors (Lipinski definition) is 0. The van der Waals surface area contributed by atoms with Gasteiger partial charge in [0.05, 0.1) is 0 Å². The molecule has 3 aliphatic heterocycles.